The second-order valence-electron chi connectivity index (χ2n) is 2.70. The summed E-state index contributed by atoms with van der Waals surface area (Å²) >= 11 is 0. The van der Waals surface area contributed by atoms with Crippen molar-refractivity contribution in [1.29, 1.82) is 0 Å². The Morgan fingerprint density at radius 1 is 1.42 bits per heavy atom. The van der Waals surface area contributed by atoms with Gasteiger partial charge in [-0.3, -0.25) is 4.79 Å². The second-order valence-corrected chi connectivity index (χ2v) is 2.70. The van der Waals surface area contributed by atoms with Gasteiger partial charge in [-0.1, -0.05) is 19.8 Å². The van der Waals surface area contributed by atoms with Crippen molar-refractivity contribution in [3.05, 3.63) is 0 Å². The Bertz CT molecular complexity index is 165. The molecule has 12 heavy (non-hydrogen) atoms. The standard InChI is InChI=1S/C10H17NO/c1-4-7-10(12)8-9-11(5-2)6-3/h1H,5-9H2,2-3H3. The normalized spacial score (nSPS) is 9.83. The van der Waals surface area contributed by atoms with Crippen LogP contribution in [0.5, 0.6) is 0 Å². The van der Waals surface area contributed by atoms with Crippen molar-refractivity contribution in [2.24, 2.45) is 0 Å². The molecule has 0 atom stereocenters. The zero-order valence-corrected chi connectivity index (χ0v) is 7.97. The van der Waals surface area contributed by atoms with E-state index in [1.54, 1.807) is 0 Å². The maximum atomic E-state index is 11.0. The van der Waals surface area contributed by atoms with Gasteiger partial charge in [0, 0.05) is 13.0 Å². The molecule has 0 heterocycles. The van der Waals surface area contributed by atoms with Crippen LogP contribution in [0.3, 0.4) is 0 Å². The van der Waals surface area contributed by atoms with Crippen molar-refractivity contribution in [2.45, 2.75) is 26.7 Å². The van der Waals surface area contributed by atoms with E-state index in [1.807, 2.05) is 0 Å². The minimum atomic E-state index is 0.171. The number of carbonyl (C=O) groups excluding carboxylic acids is 1. The molecule has 0 aromatic heterocycles. The molecule has 0 aliphatic carbocycles. The number of rotatable bonds is 6. The van der Waals surface area contributed by atoms with Gasteiger partial charge in [-0.2, -0.15) is 0 Å². The summed E-state index contributed by atoms with van der Waals surface area (Å²) in [6.45, 7) is 7.03. The van der Waals surface area contributed by atoms with Crippen molar-refractivity contribution in [3.8, 4) is 12.3 Å². The fourth-order valence-electron chi connectivity index (χ4n) is 1.02. The number of nitrogens with zero attached hydrogens (tertiary/aromatic N) is 1. The molecule has 0 saturated heterocycles. The Hall–Kier alpha value is -0.810. The van der Waals surface area contributed by atoms with E-state index in [1.165, 1.54) is 0 Å². The summed E-state index contributed by atoms with van der Waals surface area (Å²) in [5.41, 5.74) is 0. The van der Waals surface area contributed by atoms with Crippen LogP contribution in [0.2, 0.25) is 0 Å². The second kappa shape index (κ2) is 6.87. The predicted molar refractivity (Wildman–Crippen MR) is 50.9 cm³/mol. The monoisotopic (exact) mass is 167 g/mol. The number of ketones is 1. The van der Waals surface area contributed by atoms with E-state index in [-0.39, 0.29) is 12.2 Å². The first-order valence-corrected chi connectivity index (χ1v) is 4.42. The van der Waals surface area contributed by atoms with Gasteiger partial charge in [-0.25, -0.2) is 0 Å². The molecular weight excluding hydrogens is 150 g/mol. The summed E-state index contributed by atoms with van der Waals surface area (Å²) in [6.07, 6.45) is 5.88. The Kier molecular flexibility index (Phi) is 6.41. The van der Waals surface area contributed by atoms with Crippen molar-refractivity contribution in [1.82, 2.24) is 4.90 Å². The Morgan fingerprint density at radius 2 is 2.00 bits per heavy atom. The van der Waals surface area contributed by atoms with E-state index in [4.69, 9.17) is 6.42 Å². The van der Waals surface area contributed by atoms with Gasteiger partial charge in [-0.15, -0.1) is 6.42 Å². The van der Waals surface area contributed by atoms with Crippen LogP contribution >= 0.6 is 0 Å². The minimum absolute atomic E-state index is 0.171. The molecular formula is C10H17NO. The molecule has 0 fully saturated rings. The van der Waals surface area contributed by atoms with Crippen molar-refractivity contribution < 1.29 is 4.79 Å². The topological polar surface area (TPSA) is 20.3 Å². The molecule has 0 saturated carbocycles. The van der Waals surface area contributed by atoms with E-state index < -0.39 is 0 Å². The average molecular weight is 167 g/mol. The highest BCUT2D eigenvalue weighted by molar-refractivity contribution is 5.80. The van der Waals surface area contributed by atoms with E-state index in [2.05, 4.69) is 24.7 Å². The Morgan fingerprint density at radius 3 is 2.42 bits per heavy atom. The number of terminal acetylenes is 1. The lowest BCUT2D eigenvalue weighted by molar-refractivity contribution is -0.118. The van der Waals surface area contributed by atoms with Crippen LogP contribution in [0.4, 0.5) is 0 Å². The largest absolute Gasteiger partial charge is 0.303 e. The lowest BCUT2D eigenvalue weighted by atomic mass is 10.2. The zero-order chi connectivity index (χ0) is 9.40. The van der Waals surface area contributed by atoms with Crippen LogP contribution in [0, 0.1) is 12.3 Å². The maximum Gasteiger partial charge on any atom is 0.146 e. The van der Waals surface area contributed by atoms with Crippen molar-refractivity contribution in [2.75, 3.05) is 19.6 Å². The van der Waals surface area contributed by atoms with E-state index in [0.717, 1.165) is 19.6 Å². The van der Waals surface area contributed by atoms with Crippen LogP contribution in [-0.4, -0.2) is 30.3 Å². The third-order valence-corrected chi connectivity index (χ3v) is 1.90. The first-order valence-electron chi connectivity index (χ1n) is 4.42. The van der Waals surface area contributed by atoms with Crippen LogP contribution < -0.4 is 0 Å². The van der Waals surface area contributed by atoms with E-state index >= 15 is 0 Å². The highest BCUT2D eigenvalue weighted by Gasteiger charge is 2.03. The van der Waals surface area contributed by atoms with Gasteiger partial charge in [0.2, 0.25) is 0 Å². The van der Waals surface area contributed by atoms with Crippen LogP contribution in [0.25, 0.3) is 0 Å². The van der Waals surface area contributed by atoms with Gasteiger partial charge in [-0.05, 0) is 13.1 Å². The van der Waals surface area contributed by atoms with Gasteiger partial charge in [0.05, 0.1) is 6.42 Å². The van der Waals surface area contributed by atoms with Gasteiger partial charge in [0.1, 0.15) is 5.78 Å². The van der Waals surface area contributed by atoms with Crippen molar-refractivity contribution in [3.63, 3.8) is 0 Å². The molecule has 0 unspecified atom stereocenters. The summed E-state index contributed by atoms with van der Waals surface area (Å²) in [5.74, 6) is 2.53. The van der Waals surface area contributed by atoms with Crippen molar-refractivity contribution >= 4 is 5.78 Å². The average Bonchev–Trinajstić information content (AvgIpc) is 2.07. The van der Waals surface area contributed by atoms with Crippen LogP contribution in [-0.2, 0) is 4.79 Å². The highest BCUT2D eigenvalue weighted by atomic mass is 16.1. The summed E-state index contributed by atoms with van der Waals surface area (Å²) in [5, 5.41) is 0. The Labute approximate surface area is 74.9 Å². The molecule has 68 valence electrons. The molecule has 0 N–H and O–H groups in total. The smallest absolute Gasteiger partial charge is 0.146 e. The SMILES string of the molecule is C#CCC(=O)CCN(CC)CC. The molecule has 0 spiro atoms. The first-order chi connectivity index (χ1) is 5.74. The predicted octanol–water partition coefficient (Wildman–Crippen LogP) is 1.31. The summed E-state index contributed by atoms with van der Waals surface area (Å²) in [4.78, 5) is 13.2. The van der Waals surface area contributed by atoms with E-state index in [0.29, 0.717) is 6.42 Å². The minimum Gasteiger partial charge on any atom is -0.303 e. The zero-order valence-electron chi connectivity index (χ0n) is 7.97. The molecule has 0 aliphatic heterocycles. The quantitative estimate of drug-likeness (QED) is 0.556. The van der Waals surface area contributed by atoms with E-state index in [9.17, 15) is 4.79 Å². The summed E-state index contributed by atoms with van der Waals surface area (Å²) in [6, 6.07) is 0. The molecule has 0 rings (SSSR count). The lowest BCUT2D eigenvalue weighted by Crippen LogP contribution is -2.25. The Balaban J connectivity index is 3.53. The molecule has 0 aliphatic rings. The molecule has 0 radical (unpaired) electrons. The lowest BCUT2D eigenvalue weighted by Gasteiger charge is -2.16. The van der Waals surface area contributed by atoms with Crippen LogP contribution in [0.1, 0.15) is 26.7 Å². The molecule has 0 aromatic carbocycles. The maximum absolute atomic E-state index is 11.0. The van der Waals surface area contributed by atoms with Gasteiger partial charge in [0.15, 0.2) is 0 Å². The molecule has 2 heteroatoms. The number of hydrogen-bond acceptors (Lipinski definition) is 2. The first kappa shape index (κ1) is 11.2. The van der Waals surface area contributed by atoms with Crippen LogP contribution in [0.15, 0.2) is 0 Å². The number of hydrogen-bond donors (Lipinski definition) is 0. The van der Waals surface area contributed by atoms with Gasteiger partial charge < -0.3 is 4.90 Å². The van der Waals surface area contributed by atoms with Gasteiger partial charge >= 0.3 is 0 Å². The summed E-state index contributed by atoms with van der Waals surface area (Å²) in [7, 11) is 0. The molecule has 2 nitrogen and oxygen atoms in total. The third-order valence-electron chi connectivity index (χ3n) is 1.90. The van der Waals surface area contributed by atoms with Gasteiger partial charge in [0.25, 0.3) is 0 Å². The molecule has 0 bridgehead atoms. The fourth-order valence-corrected chi connectivity index (χ4v) is 1.02. The number of carbonyl (C=O) groups is 1. The molecule has 0 aromatic rings. The fraction of sp³-hybridized carbons (Fsp3) is 0.700. The third kappa shape index (κ3) is 4.92. The summed E-state index contributed by atoms with van der Waals surface area (Å²) < 4.78 is 0. The highest BCUT2D eigenvalue weighted by Crippen LogP contribution is 1.93. The number of Topliss-reactive ketones (excluding diaryl/α,β-unsaturated/α-hetero) is 1. The molecule has 0 amide bonds.